The highest BCUT2D eigenvalue weighted by molar-refractivity contribution is 6.31. The minimum Gasteiger partial charge on any atom is -0.322 e. The third kappa shape index (κ3) is 3.02. The molecule has 1 unspecified atom stereocenters. The number of hydrogen-bond donors (Lipinski definition) is 1. The topological polar surface area (TPSA) is 51.8 Å². The van der Waals surface area contributed by atoms with E-state index in [9.17, 15) is 0 Å². The second-order valence-corrected chi connectivity index (χ2v) is 4.39. The number of halogens is 1. The van der Waals surface area contributed by atoms with Gasteiger partial charge in [-0.2, -0.15) is 0 Å². The molecule has 1 atom stereocenters. The Morgan fingerprint density at radius 2 is 2.00 bits per heavy atom. The van der Waals surface area contributed by atoms with E-state index in [0.29, 0.717) is 6.42 Å². The van der Waals surface area contributed by atoms with E-state index in [1.54, 1.807) is 12.4 Å². The number of aryl methyl sites for hydroxylation is 1. The molecule has 2 aromatic rings. The number of benzene rings is 1. The van der Waals surface area contributed by atoms with Gasteiger partial charge in [-0.25, -0.2) is 0 Å². The van der Waals surface area contributed by atoms with E-state index in [1.807, 2.05) is 31.2 Å². The average molecular weight is 248 g/mol. The van der Waals surface area contributed by atoms with E-state index in [2.05, 4.69) is 9.97 Å². The van der Waals surface area contributed by atoms with Gasteiger partial charge in [0.25, 0.3) is 0 Å². The predicted octanol–water partition coefficient (Wildman–Crippen LogP) is 2.68. The molecule has 2 rings (SSSR count). The normalized spacial score (nSPS) is 12.4. The molecule has 0 aliphatic rings. The molecule has 1 aromatic heterocycles. The maximum atomic E-state index is 6.09. The minimum absolute atomic E-state index is 0.178. The largest absolute Gasteiger partial charge is 0.322 e. The summed E-state index contributed by atoms with van der Waals surface area (Å²) < 4.78 is 0. The molecular formula is C13H14ClN3. The van der Waals surface area contributed by atoms with E-state index in [4.69, 9.17) is 17.3 Å². The summed E-state index contributed by atoms with van der Waals surface area (Å²) in [5, 5.41) is 0.739. The summed E-state index contributed by atoms with van der Waals surface area (Å²) in [5.41, 5.74) is 8.79. The fourth-order valence-corrected chi connectivity index (χ4v) is 1.81. The van der Waals surface area contributed by atoms with Crippen LogP contribution < -0.4 is 5.73 Å². The van der Waals surface area contributed by atoms with Crippen LogP contribution in [0.15, 0.2) is 36.7 Å². The SMILES string of the molecule is Cc1cnc(C(N)Cc2ccccc2Cl)cn1. The quantitative estimate of drug-likeness (QED) is 0.907. The van der Waals surface area contributed by atoms with Crippen LogP contribution in [0.25, 0.3) is 0 Å². The highest BCUT2D eigenvalue weighted by Gasteiger charge is 2.10. The second kappa shape index (κ2) is 5.25. The van der Waals surface area contributed by atoms with Crippen molar-refractivity contribution in [1.29, 1.82) is 0 Å². The number of rotatable bonds is 3. The van der Waals surface area contributed by atoms with Gasteiger partial charge in [-0.1, -0.05) is 29.8 Å². The molecule has 3 nitrogen and oxygen atoms in total. The Morgan fingerprint density at radius 3 is 2.65 bits per heavy atom. The fourth-order valence-electron chi connectivity index (χ4n) is 1.60. The van der Waals surface area contributed by atoms with Crippen molar-refractivity contribution in [2.45, 2.75) is 19.4 Å². The predicted molar refractivity (Wildman–Crippen MR) is 68.9 cm³/mol. The first-order valence-electron chi connectivity index (χ1n) is 5.44. The number of nitrogens with two attached hydrogens (primary N) is 1. The van der Waals surface area contributed by atoms with E-state index in [-0.39, 0.29) is 6.04 Å². The smallest absolute Gasteiger partial charge is 0.0757 e. The Bertz CT molecular complexity index is 496. The third-order valence-corrected chi connectivity index (χ3v) is 2.95. The summed E-state index contributed by atoms with van der Waals surface area (Å²) in [6.45, 7) is 1.90. The molecular weight excluding hydrogens is 234 g/mol. The van der Waals surface area contributed by atoms with Gasteiger partial charge in [-0.3, -0.25) is 9.97 Å². The van der Waals surface area contributed by atoms with Crippen LogP contribution in [0.5, 0.6) is 0 Å². The highest BCUT2D eigenvalue weighted by Crippen LogP contribution is 2.20. The van der Waals surface area contributed by atoms with Crippen molar-refractivity contribution >= 4 is 11.6 Å². The molecule has 0 saturated heterocycles. The molecule has 0 aliphatic heterocycles. The van der Waals surface area contributed by atoms with Gasteiger partial charge in [0.15, 0.2) is 0 Å². The fraction of sp³-hybridized carbons (Fsp3) is 0.231. The molecule has 17 heavy (non-hydrogen) atoms. The van der Waals surface area contributed by atoms with Gasteiger partial charge in [0.2, 0.25) is 0 Å². The Balaban J connectivity index is 2.14. The van der Waals surface area contributed by atoms with Crippen LogP contribution in [0, 0.1) is 6.92 Å². The summed E-state index contributed by atoms with van der Waals surface area (Å²) in [7, 11) is 0. The Hall–Kier alpha value is -1.45. The van der Waals surface area contributed by atoms with Crippen LogP contribution in [0.1, 0.15) is 23.0 Å². The molecule has 0 amide bonds. The molecule has 0 spiro atoms. The van der Waals surface area contributed by atoms with Gasteiger partial charge in [0.05, 0.1) is 23.6 Å². The van der Waals surface area contributed by atoms with Crippen molar-refractivity contribution in [3.8, 4) is 0 Å². The molecule has 0 radical (unpaired) electrons. The minimum atomic E-state index is -0.178. The van der Waals surface area contributed by atoms with Crippen molar-refractivity contribution in [1.82, 2.24) is 9.97 Å². The monoisotopic (exact) mass is 247 g/mol. The molecule has 0 bridgehead atoms. The number of aromatic nitrogens is 2. The maximum absolute atomic E-state index is 6.09. The first-order valence-corrected chi connectivity index (χ1v) is 5.82. The Labute approximate surface area is 106 Å². The van der Waals surface area contributed by atoms with Crippen molar-refractivity contribution in [3.63, 3.8) is 0 Å². The molecule has 0 aliphatic carbocycles. The van der Waals surface area contributed by atoms with Crippen LogP contribution in [-0.2, 0) is 6.42 Å². The van der Waals surface area contributed by atoms with Crippen molar-refractivity contribution in [3.05, 3.63) is 58.6 Å². The first-order chi connectivity index (χ1) is 8.16. The van der Waals surface area contributed by atoms with Crippen molar-refractivity contribution in [2.24, 2.45) is 5.73 Å². The van der Waals surface area contributed by atoms with Gasteiger partial charge in [-0.05, 0) is 25.0 Å². The lowest BCUT2D eigenvalue weighted by Gasteiger charge is -2.11. The molecule has 88 valence electrons. The summed E-state index contributed by atoms with van der Waals surface area (Å²) in [6.07, 6.45) is 4.11. The van der Waals surface area contributed by atoms with Crippen LogP contribution in [-0.4, -0.2) is 9.97 Å². The van der Waals surface area contributed by atoms with Crippen molar-refractivity contribution in [2.75, 3.05) is 0 Å². The van der Waals surface area contributed by atoms with E-state index >= 15 is 0 Å². The first kappa shape index (κ1) is 12.0. The Kier molecular flexibility index (Phi) is 3.71. The standard InChI is InChI=1S/C13H14ClN3/c1-9-7-17-13(8-16-9)12(15)6-10-4-2-3-5-11(10)14/h2-5,7-8,12H,6,15H2,1H3. The van der Waals surface area contributed by atoms with Crippen molar-refractivity contribution < 1.29 is 0 Å². The lowest BCUT2D eigenvalue weighted by atomic mass is 10.0. The van der Waals surface area contributed by atoms with Gasteiger partial charge >= 0.3 is 0 Å². The molecule has 4 heteroatoms. The third-order valence-electron chi connectivity index (χ3n) is 2.58. The zero-order chi connectivity index (χ0) is 12.3. The van der Waals surface area contributed by atoms with E-state index in [1.165, 1.54) is 0 Å². The van der Waals surface area contributed by atoms with Crippen LogP contribution in [0.3, 0.4) is 0 Å². The summed E-state index contributed by atoms with van der Waals surface area (Å²) >= 11 is 6.09. The zero-order valence-corrected chi connectivity index (χ0v) is 10.4. The molecule has 1 heterocycles. The maximum Gasteiger partial charge on any atom is 0.0757 e. The molecule has 0 saturated carbocycles. The van der Waals surface area contributed by atoms with E-state index < -0.39 is 0 Å². The van der Waals surface area contributed by atoms with Gasteiger partial charge in [0.1, 0.15) is 0 Å². The number of nitrogens with zero attached hydrogens (tertiary/aromatic N) is 2. The van der Waals surface area contributed by atoms with E-state index in [0.717, 1.165) is 22.0 Å². The number of hydrogen-bond acceptors (Lipinski definition) is 3. The molecule has 1 aromatic carbocycles. The van der Waals surface area contributed by atoms with Gasteiger partial charge in [-0.15, -0.1) is 0 Å². The molecule has 2 N–H and O–H groups in total. The summed E-state index contributed by atoms with van der Waals surface area (Å²) in [4.78, 5) is 8.46. The second-order valence-electron chi connectivity index (χ2n) is 3.98. The van der Waals surface area contributed by atoms with Crippen LogP contribution in [0.2, 0.25) is 5.02 Å². The Morgan fingerprint density at radius 1 is 1.24 bits per heavy atom. The summed E-state index contributed by atoms with van der Waals surface area (Å²) in [5.74, 6) is 0. The lowest BCUT2D eigenvalue weighted by molar-refractivity contribution is 0.689. The van der Waals surface area contributed by atoms with Crippen LogP contribution >= 0.6 is 11.6 Å². The molecule has 0 fully saturated rings. The van der Waals surface area contributed by atoms with Gasteiger partial charge < -0.3 is 5.73 Å². The van der Waals surface area contributed by atoms with Gasteiger partial charge in [0, 0.05) is 11.2 Å². The highest BCUT2D eigenvalue weighted by atomic mass is 35.5. The summed E-state index contributed by atoms with van der Waals surface area (Å²) in [6, 6.07) is 7.52. The average Bonchev–Trinajstić information content (AvgIpc) is 2.33. The zero-order valence-electron chi connectivity index (χ0n) is 9.60. The van der Waals surface area contributed by atoms with Crippen LogP contribution in [0.4, 0.5) is 0 Å². The lowest BCUT2D eigenvalue weighted by Crippen LogP contribution is -2.15.